The van der Waals surface area contributed by atoms with E-state index in [1.165, 1.54) is 18.2 Å². The van der Waals surface area contributed by atoms with E-state index in [0.717, 1.165) is 5.56 Å². The number of carbonyl (C=O) groups excluding carboxylic acids is 1. The largest absolute Gasteiger partial charge is 0.494 e. The molecule has 0 aliphatic heterocycles. The molecule has 3 aromatic rings. The van der Waals surface area contributed by atoms with Crippen LogP contribution in [0.5, 0.6) is 11.5 Å². The van der Waals surface area contributed by atoms with Crippen LogP contribution in [-0.2, 0) is 11.4 Å². The summed E-state index contributed by atoms with van der Waals surface area (Å²) in [6.45, 7) is 2.63. The number of anilines is 1. The number of benzene rings is 3. The minimum absolute atomic E-state index is 0.0596. The Morgan fingerprint density at radius 1 is 1.09 bits per heavy atom. The molecule has 0 unspecified atom stereocenters. The first-order valence-corrected chi connectivity index (χ1v) is 11.5. The zero-order valence-electron chi connectivity index (χ0n) is 17.6. The van der Waals surface area contributed by atoms with Gasteiger partial charge in [-0.15, -0.1) is 0 Å². The van der Waals surface area contributed by atoms with E-state index in [-0.39, 0.29) is 18.0 Å². The lowest BCUT2D eigenvalue weighted by Crippen LogP contribution is -2.13. The Morgan fingerprint density at radius 3 is 2.42 bits per heavy atom. The Morgan fingerprint density at radius 2 is 1.79 bits per heavy atom. The number of nitriles is 1. The molecule has 33 heavy (non-hydrogen) atoms. The third-order valence-corrected chi connectivity index (χ3v) is 5.57. The van der Waals surface area contributed by atoms with Crippen LogP contribution >= 0.6 is 31.9 Å². The molecule has 0 aromatic heterocycles. The summed E-state index contributed by atoms with van der Waals surface area (Å²) in [5.41, 5.74) is 1.91. The highest BCUT2D eigenvalue weighted by Gasteiger charge is 2.13. The second-order valence-electron chi connectivity index (χ2n) is 6.81. The van der Waals surface area contributed by atoms with Crippen molar-refractivity contribution in [3.05, 3.63) is 92.1 Å². The number of rotatable bonds is 8. The van der Waals surface area contributed by atoms with Gasteiger partial charge in [-0.25, -0.2) is 4.39 Å². The second-order valence-corrected chi connectivity index (χ2v) is 8.52. The molecular formula is C25H19Br2FN2O3. The molecule has 0 aliphatic rings. The van der Waals surface area contributed by atoms with E-state index in [0.29, 0.717) is 38.3 Å². The maximum atomic E-state index is 13.1. The fourth-order valence-corrected chi connectivity index (χ4v) is 4.33. The first kappa shape index (κ1) is 24.5. The Balaban J connectivity index is 1.75. The van der Waals surface area contributed by atoms with E-state index in [1.54, 1.807) is 48.5 Å². The second kappa shape index (κ2) is 11.6. The zero-order valence-corrected chi connectivity index (χ0v) is 20.7. The van der Waals surface area contributed by atoms with Gasteiger partial charge in [0.25, 0.3) is 5.91 Å². The van der Waals surface area contributed by atoms with E-state index < -0.39 is 5.91 Å². The number of hydrogen-bond donors (Lipinski definition) is 1. The molecule has 0 aliphatic carbocycles. The molecule has 3 rings (SSSR count). The number of amides is 1. The summed E-state index contributed by atoms with van der Waals surface area (Å²) in [6.07, 6.45) is 1.49. The van der Waals surface area contributed by atoms with Crippen LogP contribution in [0.2, 0.25) is 0 Å². The molecule has 8 heteroatoms. The molecule has 168 valence electrons. The Hall–Kier alpha value is -3.15. The highest BCUT2D eigenvalue weighted by Crippen LogP contribution is 2.36. The van der Waals surface area contributed by atoms with Gasteiger partial charge in [0, 0.05) is 11.8 Å². The summed E-state index contributed by atoms with van der Waals surface area (Å²) in [6, 6.07) is 18.4. The quantitative estimate of drug-likeness (QED) is 0.236. The number of hydrogen-bond acceptors (Lipinski definition) is 4. The van der Waals surface area contributed by atoms with Crippen LogP contribution in [0, 0.1) is 17.1 Å². The molecule has 1 amide bonds. The van der Waals surface area contributed by atoms with Gasteiger partial charge < -0.3 is 14.8 Å². The smallest absolute Gasteiger partial charge is 0.266 e. The van der Waals surface area contributed by atoms with Gasteiger partial charge in [-0.2, -0.15) is 5.26 Å². The van der Waals surface area contributed by atoms with Gasteiger partial charge in [-0.1, -0.05) is 18.2 Å². The van der Waals surface area contributed by atoms with Crippen molar-refractivity contribution in [2.24, 2.45) is 0 Å². The predicted molar refractivity (Wildman–Crippen MR) is 132 cm³/mol. The summed E-state index contributed by atoms with van der Waals surface area (Å²) in [4.78, 5) is 12.6. The van der Waals surface area contributed by atoms with Gasteiger partial charge in [0.05, 0.1) is 15.6 Å². The fourth-order valence-electron chi connectivity index (χ4n) is 2.88. The van der Waals surface area contributed by atoms with Gasteiger partial charge in [-0.05, 0) is 92.4 Å². The van der Waals surface area contributed by atoms with Crippen LogP contribution < -0.4 is 14.8 Å². The van der Waals surface area contributed by atoms with Crippen molar-refractivity contribution >= 4 is 49.5 Å². The van der Waals surface area contributed by atoms with Crippen LogP contribution in [0.3, 0.4) is 0 Å². The first-order valence-electron chi connectivity index (χ1n) is 9.92. The van der Waals surface area contributed by atoms with Crippen molar-refractivity contribution in [1.82, 2.24) is 0 Å². The van der Waals surface area contributed by atoms with Crippen molar-refractivity contribution in [3.8, 4) is 17.6 Å². The molecule has 0 bridgehead atoms. The van der Waals surface area contributed by atoms with Crippen LogP contribution in [0.15, 0.2) is 75.2 Å². The first-order chi connectivity index (χ1) is 15.9. The number of nitrogens with one attached hydrogen (secondary N) is 1. The Labute approximate surface area is 208 Å². The SMILES string of the molecule is CCOc1cccc(NC(=O)/C(C#N)=C\c2cc(Br)c(OCc3ccc(F)cc3)c(Br)c2)c1. The molecule has 1 N–H and O–H groups in total. The number of ether oxygens (including phenoxy) is 2. The maximum Gasteiger partial charge on any atom is 0.266 e. The van der Waals surface area contributed by atoms with Crippen LogP contribution in [-0.4, -0.2) is 12.5 Å². The lowest BCUT2D eigenvalue weighted by Gasteiger charge is -2.12. The van der Waals surface area contributed by atoms with Crippen molar-refractivity contribution in [2.45, 2.75) is 13.5 Å². The summed E-state index contributed by atoms with van der Waals surface area (Å²) < 4.78 is 25.6. The van der Waals surface area contributed by atoms with E-state index >= 15 is 0 Å². The van der Waals surface area contributed by atoms with Gasteiger partial charge in [0.1, 0.15) is 35.6 Å². The van der Waals surface area contributed by atoms with E-state index in [1.807, 2.05) is 13.0 Å². The van der Waals surface area contributed by atoms with Gasteiger partial charge >= 0.3 is 0 Å². The summed E-state index contributed by atoms with van der Waals surface area (Å²) in [7, 11) is 0. The molecule has 0 fully saturated rings. The molecule has 0 saturated carbocycles. The van der Waals surface area contributed by atoms with Gasteiger partial charge in [0.2, 0.25) is 0 Å². The maximum absolute atomic E-state index is 13.1. The molecule has 0 saturated heterocycles. The molecule has 0 heterocycles. The van der Waals surface area contributed by atoms with Crippen molar-refractivity contribution in [1.29, 1.82) is 5.26 Å². The van der Waals surface area contributed by atoms with E-state index in [2.05, 4.69) is 37.2 Å². The Bertz CT molecular complexity index is 1200. The highest BCUT2D eigenvalue weighted by molar-refractivity contribution is 9.11. The average Bonchev–Trinajstić information content (AvgIpc) is 2.78. The summed E-state index contributed by atoms with van der Waals surface area (Å²) >= 11 is 6.93. The molecule has 0 atom stereocenters. The number of halogens is 3. The fraction of sp³-hybridized carbons (Fsp3) is 0.120. The van der Waals surface area contributed by atoms with E-state index in [4.69, 9.17) is 9.47 Å². The van der Waals surface area contributed by atoms with Crippen molar-refractivity contribution < 1.29 is 18.7 Å². The Kier molecular flexibility index (Phi) is 8.64. The van der Waals surface area contributed by atoms with Crippen LogP contribution in [0.25, 0.3) is 6.08 Å². The lowest BCUT2D eigenvalue weighted by molar-refractivity contribution is -0.112. The minimum Gasteiger partial charge on any atom is -0.494 e. The summed E-state index contributed by atoms with van der Waals surface area (Å²) in [5.74, 6) is 0.334. The number of nitrogens with zero attached hydrogens (tertiary/aromatic N) is 1. The summed E-state index contributed by atoms with van der Waals surface area (Å²) in [5, 5.41) is 12.2. The van der Waals surface area contributed by atoms with Gasteiger partial charge in [-0.3, -0.25) is 4.79 Å². The zero-order chi connectivity index (χ0) is 23.8. The molecule has 0 spiro atoms. The average molecular weight is 574 g/mol. The van der Waals surface area contributed by atoms with Crippen LogP contribution in [0.1, 0.15) is 18.1 Å². The number of carbonyl (C=O) groups is 1. The van der Waals surface area contributed by atoms with E-state index in [9.17, 15) is 14.4 Å². The normalized spacial score (nSPS) is 10.9. The lowest BCUT2D eigenvalue weighted by atomic mass is 10.1. The molecular weight excluding hydrogens is 555 g/mol. The minimum atomic E-state index is -0.532. The predicted octanol–water partition coefficient (Wildman–Crippen LogP) is 6.87. The van der Waals surface area contributed by atoms with Crippen LogP contribution in [0.4, 0.5) is 10.1 Å². The third-order valence-electron chi connectivity index (χ3n) is 4.40. The topological polar surface area (TPSA) is 71.3 Å². The molecule has 0 radical (unpaired) electrons. The van der Waals surface area contributed by atoms with Gasteiger partial charge in [0.15, 0.2) is 0 Å². The monoisotopic (exact) mass is 572 g/mol. The highest BCUT2D eigenvalue weighted by atomic mass is 79.9. The third kappa shape index (κ3) is 6.91. The van der Waals surface area contributed by atoms with Crippen molar-refractivity contribution in [2.75, 3.05) is 11.9 Å². The molecule has 5 nitrogen and oxygen atoms in total. The van der Waals surface area contributed by atoms with Crippen molar-refractivity contribution in [3.63, 3.8) is 0 Å². The standard InChI is InChI=1S/C25H19Br2FN2O3/c1-2-32-21-5-3-4-20(13-21)30-25(31)18(14-29)10-17-11-22(26)24(23(27)12-17)33-15-16-6-8-19(28)9-7-16/h3-13H,2,15H2,1H3,(H,30,31)/b18-10-. The molecule has 3 aromatic carbocycles.